The topological polar surface area (TPSA) is 35.8 Å². The number of rotatable bonds is 2. The van der Waals surface area contributed by atoms with Crippen LogP contribution in [0, 0.1) is 18.3 Å². The van der Waals surface area contributed by atoms with Crippen LogP contribution in [0.25, 0.3) is 0 Å². The van der Waals surface area contributed by atoms with E-state index in [-0.39, 0.29) is 0 Å². The molecule has 0 heterocycles. The predicted octanol–water partition coefficient (Wildman–Crippen LogP) is 4.92. The van der Waals surface area contributed by atoms with E-state index in [9.17, 15) is 0 Å². The lowest BCUT2D eigenvalue weighted by molar-refractivity contribution is 1.42. The van der Waals surface area contributed by atoms with Crippen LogP contribution in [0.2, 0.25) is 10.0 Å². The number of nitriles is 1. The largest absolute Gasteiger partial charge is 0.353 e. The van der Waals surface area contributed by atoms with Gasteiger partial charge in [-0.1, -0.05) is 35.3 Å². The quantitative estimate of drug-likeness (QED) is 0.845. The van der Waals surface area contributed by atoms with Gasteiger partial charge in [0.25, 0.3) is 0 Å². The molecule has 4 heteroatoms. The summed E-state index contributed by atoms with van der Waals surface area (Å²) in [5, 5.41) is 13.1. The van der Waals surface area contributed by atoms with Gasteiger partial charge < -0.3 is 5.32 Å². The molecule has 0 saturated carbocycles. The smallest absolute Gasteiger partial charge is 0.0992 e. The van der Waals surface area contributed by atoms with Crippen molar-refractivity contribution in [2.45, 2.75) is 6.92 Å². The molecule has 0 spiro atoms. The Morgan fingerprint density at radius 3 is 2.50 bits per heavy atom. The highest BCUT2D eigenvalue weighted by molar-refractivity contribution is 6.35. The first-order valence-corrected chi connectivity index (χ1v) is 6.09. The van der Waals surface area contributed by atoms with Crippen molar-refractivity contribution in [1.82, 2.24) is 0 Å². The molecular weight excluding hydrogens is 267 g/mol. The fourth-order valence-corrected chi connectivity index (χ4v) is 2.11. The Morgan fingerprint density at radius 2 is 1.89 bits per heavy atom. The number of anilines is 2. The summed E-state index contributed by atoms with van der Waals surface area (Å²) in [6.07, 6.45) is 0. The molecule has 0 aliphatic heterocycles. The van der Waals surface area contributed by atoms with Gasteiger partial charge in [-0.2, -0.15) is 5.26 Å². The average molecular weight is 277 g/mol. The Balaban J connectivity index is 2.38. The van der Waals surface area contributed by atoms with Crippen molar-refractivity contribution in [2.75, 3.05) is 5.32 Å². The normalized spacial score (nSPS) is 9.89. The van der Waals surface area contributed by atoms with Crippen LogP contribution in [0.15, 0.2) is 36.4 Å². The Hall–Kier alpha value is -1.69. The standard InChI is InChI=1S/C14H10Cl2N2/c1-9-3-2-4-11(15)14(9)18-13-6-5-10(8-17)7-12(13)16/h2-7,18H,1H3. The van der Waals surface area contributed by atoms with Gasteiger partial charge in [0.05, 0.1) is 33.1 Å². The van der Waals surface area contributed by atoms with Crippen molar-refractivity contribution in [3.63, 3.8) is 0 Å². The summed E-state index contributed by atoms with van der Waals surface area (Å²) in [5.74, 6) is 0. The van der Waals surface area contributed by atoms with Gasteiger partial charge in [0, 0.05) is 0 Å². The molecule has 2 nitrogen and oxygen atoms in total. The summed E-state index contributed by atoms with van der Waals surface area (Å²) >= 11 is 12.2. The van der Waals surface area contributed by atoms with E-state index < -0.39 is 0 Å². The second kappa shape index (κ2) is 5.30. The minimum Gasteiger partial charge on any atom is -0.353 e. The first-order valence-electron chi connectivity index (χ1n) is 5.33. The van der Waals surface area contributed by atoms with Crippen LogP contribution in [-0.4, -0.2) is 0 Å². The van der Waals surface area contributed by atoms with Gasteiger partial charge >= 0.3 is 0 Å². The van der Waals surface area contributed by atoms with Crippen LogP contribution in [0.3, 0.4) is 0 Å². The second-order valence-electron chi connectivity index (χ2n) is 3.86. The SMILES string of the molecule is Cc1cccc(Cl)c1Nc1ccc(C#N)cc1Cl. The number of hydrogen-bond acceptors (Lipinski definition) is 2. The number of benzene rings is 2. The maximum Gasteiger partial charge on any atom is 0.0992 e. The summed E-state index contributed by atoms with van der Waals surface area (Å²) in [5.41, 5.74) is 3.11. The van der Waals surface area contributed by atoms with Crippen molar-refractivity contribution < 1.29 is 0 Å². The van der Waals surface area contributed by atoms with Gasteiger partial charge in [0.1, 0.15) is 0 Å². The van der Waals surface area contributed by atoms with Crippen LogP contribution < -0.4 is 5.32 Å². The lowest BCUT2D eigenvalue weighted by Crippen LogP contribution is -1.95. The molecule has 0 unspecified atom stereocenters. The van der Waals surface area contributed by atoms with E-state index >= 15 is 0 Å². The molecule has 0 saturated heterocycles. The third kappa shape index (κ3) is 2.59. The maximum absolute atomic E-state index is 8.78. The lowest BCUT2D eigenvalue weighted by atomic mass is 10.1. The molecule has 0 amide bonds. The van der Waals surface area contributed by atoms with Gasteiger partial charge in [-0.25, -0.2) is 0 Å². The number of nitrogens with zero attached hydrogens (tertiary/aromatic N) is 1. The highest BCUT2D eigenvalue weighted by atomic mass is 35.5. The summed E-state index contributed by atoms with van der Waals surface area (Å²) < 4.78 is 0. The molecule has 2 aromatic rings. The van der Waals surface area contributed by atoms with Crippen molar-refractivity contribution in [3.05, 3.63) is 57.6 Å². The zero-order valence-corrected chi connectivity index (χ0v) is 11.2. The van der Waals surface area contributed by atoms with E-state index in [2.05, 4.69) is 5.32 Å². The minimum absolute atomic E-state index is 0.494. The maximum atomic E-state index is 8.78. The number of hydrogen-bond donors (Lipinski definition) is 1. The zero-order valence-electron chi connectivity index (χ0n) is 9.67. The second-order valence-corrected chi connectivity index (χ2v) is 4.68. The number of aryl methyl sites for hydroxylation is 1. The van der Waals surface area contributed by atoms with Crippen molar-refractivity contribution in [2.24, 2.45) is 0 Å². The van der Waals surface area contributed by atoms with Crippen LogP contribution >= 0.6 is 23.2 Å². The third-order valence-electron chi connectivity index (χ3n) is 2.58. The Morgan fingerprint density at radius 1 is 1.11 bits per heavy atom. The highest BCUT2D eigenvalue weighted by Crippen LogP contribution is 2.32. The molecule has 0 aromatic heterocycles. The molecule has 0 fully saturated rings. The van der Waals surface area contributed by atoms with Crippen LogP contribution in [0.4, 0.5) is 11.4 Å². The van der Waals surface area contributed by atoms with E-state index in [0.29, 0.717) is 15.6 Å². The molecular formula is C14H10Cl2N2. The first-order chi connectivity index (χ1) is 8.61. The Bertz CT molecular complexity index is 610. The highest BCUT2D eigenvalue weighted by Gasteiger charge is 2.07. The average Bonchev–Trinajstić information content (AvgIpc) is 2.35. The zero-order chi connectivity index (χ0) is 13.1. The van der Waals surface area contributed by atoms with Gasteiger partial charge in [-0.3, -0.25) is 0 Å². The van der Waals surface area contributed by atoms with Gasteiger partial charge in [-0.05, 0) is 36.8 Å². The van der Waals surface area contributed by atoms with Crippen molar-refractivity contribution >= 4 is 34.6 Å². The van der Waals surface area contributed by atoms with E-state index in [1.807, 2.05) is 31.2 Å². The van der Waals surface area contributed by atoms with Crippen LogP contribution in [-0.2, 0) is 0 Å². The summed E-state index contributed by atoms with van der Waals surface area (Å²) in [6.45, 7) is 1.96. The van der Waals surface area contributed by atoms with E-state index in [1.165, 1.54) is 0 Å². The molecule has 0 aliphatic rings. The molecule has 0 aliphatic carbocycles. The van der Waals surface area contributed by atoms with Gasteiger partial charge in [-0.15, -0.1) is 0 Å². The fourth-order valence-electron chi connectivity index (χ4n) is 1.61. The van der Waals surface area contributed by atoms with Crippen LogP contribution in [0.1, 0.15) is 11.1 Å². The molecule has 90 valence electrons. The molecule has 2 aromatic carbocycles. The Labute approximate surface area is 116 Å². The van der Waals surface area contributed by atoms with Gasteiger partial charge in [0.2, 0.25) is 0 Å². The van der Waals surface area contributed by atoms with Gasteiger partial charge in [0.15, 0.2) is 0 Å². The summed E-state index contributed by atoms with van der Waals surface area (Å²) in [7, 11) is 0. The van der Waals surface area contributed by atoms with E-state index in [1.54, 1.807) is 18.2 Å². The molecule has 1 N–H and O–H groups in total. The monoisotopic (exact) mass is 276 g/mol. The third-order valence-corrected chi connectivity index (χ3v) is 3.21. The van der Waals surface area contributed by atoms with Crippen LogP contribution in [0.5, 0.6) is 0 Å². The summed E-state index contributed by atoms with van der Waals surface area (Å²) in [6, 6.07) is 12.8. The minimum atomic E-state index is 0.494. The van der Waals surface area contributed by atoms with E-state index in [0.717, 1.165) is 16.9 Å². The number of halogens is 2. The predicted molar refractivity (Wildman–Crippen MR) is 75.6 cm³/mol. The van der Waals surface area contributed by atoms with Crippen molar-refractivity contribution in [1.29, 1.82) is 5.26 Å². The number of nitrogens with one attached hydrogen (secondary N) is 1. The molecule has 0 radical (unpaired) electrons. The molecule has 18 heavy (non-hydrogen) atoms. The molecule has 2 rings (SSSR count). The van der Waals surface area contributed by atoms with E-state index in [4.69, 9.17) is 28.5 Å². The Kier molecular flexibility index (Phi) is 3.76. The first kappa shape index (κ1) is 12.8. The molecule has 0 bridgehead atoms. The molecule has 0 atom stereocenters. The fraction of sp³-hybridized carbons (Fsp3) is 0.0714. The van der Waals surface area contributed by atoms with Crippen molar-refractivity contribution in [3.8, 4) is 6.07 Å². The lowest BCUT2D eigenvalue weighted by Gasteiger charge is -2.12. The number of para-hydroxylation sites is 1. The summed E-state index contributed by atoms with van der Waals surface area (Å²) in [4.78, 5) is 0.